The Morgan fingerprint density at radius 3 is 2.82 bits per heavy atom. The molecule has 0 aliphatic rings. The number of aryl methyl sites for hydroxylation is 1. The van der Waals surface area contributed by atoms with Crippen LogP contribution < -0.4 is 5.32 Å². The van der Waals surface area contributed by atoms with Crippen molar-refractivity contribution in [3.05, 3.63) is 65.5 Å². The number of hydrogen-bond acceptors (Lipinski definition) is 4. The van der Waals surface area contributed by atoms with E-state index in [-0.39, 0.29) is 5.91 Å². The highest BCUT2D eigenvalue weighted by molar-refractivity contribution is 6.31. The lowest BCUT2D eigenvalue weighted by Crippen LogP contribution is -2.14. The van der Waals surface area contributed by atoms with Gasteiger partial charge >= 0.3 is 0 Å². The number of benzene rings is 1. The number of hydrogen-bond donors (Lipinski definition) is 1. The molecule has 0 spiro atoms. The monoisotopic (exact) mass is 313 g/mol. The molecule has 7 heteroatoms. The molecule has 6 nitrogen and oxygen atoms in total. The third kappa shape index (κ3) is 2.96. The Morgan fingerprint density at radius 1 is 1.27 bits per heavy atom. The Balaban J connectivity index is 1.93. The first-order valence-electron chi connectivity index (χ1n) is 6.52. The predicted octanol–water partition coefficient (Wildman–Crippen LogP) is 2.88. The van der Waals surface area contributed by atoms with Crippen molar-refractivity contribution < 1.29 is 4.79 Å². The molecule has 0 saturated carbocycles. The number of nitrogens with zero attached hydrogens (tertiary/aromatic N) is 4. The number of anilines is 1. The lowest BCUT2D eigenvalue weighted by Gasteiger charge is -2.11. The van der Waals surface area contributed by atoms with Gasteiger partial charge in [0.15, 0.2) is 0 Å². The number of aromatic nitrogens is 4. The van der Waals surface area contributed by atoms with Crippen LogP contribution >= 0.6 is 11.6 Å². The zero-order valence-electron chi connectivity index (χ0n) is 11.7. The van der Waals surface area contributed by atoms with Crippen LogP contribution in [0.3, 0.4) is 0 Å². The van der Waals surface area contributed by atoms with Crippen molar-refractivity contribution in [2.45, 2.75) is 6.92 Å². The minimum Gasteiger partial charge on any atom is -0.320 e. The molecule has 2 aromatic heterocycles. The number of pyridine rings is 1. The van der Waals surface area contributed by atoms with Gasteiger partial charge in [-0.2, -0.15) is 5.10 Å². The Morgan fingerprint density at radius 2 is 2.14 bits per heavy atom. The average Bonchev–Trinajstić information content (AvgIpc) is 3.02. The van der Waals surface area contributed by atoms with Gasteiger partial charge in [0, 0.05) is 16.9 Å². The Labute approximate surface area is 131 Å². The number of rotatable bonds is 3. The smallest absolute Gasteiger partial charge is 0.257 e. The molecule has 110 valence electrons. The van der Waals surface area contributed by atoms with Crippen LogP contribution in [0, 0.1) is 6.92 Å². The van der Waals surface area contributed by atoms with Crippen LogP contribution in [0.5, 0.6) is 0 Å². The van der Waals surface area contributed by atoms with Gasteiger partial charge in [-0.1, -0.05) is 11.6 Å². The third-order valence-electron chi connectivity index (χ3n) is 3.05. The average molecular weight is 314 g/mol. The van der Waals surface area contributed by atoms with Crippen molar-refractivity contribution in [3.63, 3.8) is 0 Å². The highest BCUT2D eigenvalue weighted by Gasteiger charge is 2.12. The van der Waals surface area contributed by atoms with Crippen molar-refractivity contribution in [3.8, 4) is 5.69 Å². The lowest BCUT2D eigenvalue weighted by atomic mass is 10.2. The number of carbonyl (C=O) groups excluding carboxylic acids is 1. The van der Waals surface area contributed by atoms with Crippen LogP contribution in [-0.4, -0.2) is 25.7 Å². The van der Waals surface area contributed by atoms with Crippen molar-refractivity contribution in [1.82, 2.24) is 19.7 Å². The number of nitrogens with one attached hydrogen (secondary N) is 1. The summed E-state index contributed by atoms with van der Waals surface area (Å²) in [6, 6.07) is 8.66. The van der Waals surface area contributed by atoms with Gasteiger partial charge in [-0.25, -0.2) is 9.67 Å². The Bertz CT molecular complexity index is 799. The first-order chi connectivity index (χ1) is 10.6. The van der Waals surface area contributed by atoms with E-state index < -0.39 is 0 Å². The van der Waals surface area contributed by atoms with E-state index >= 15 is 0 Å². The minimum atomic E-state index is -0.267. The summed E-state index contributed by atoms with van der Waals surface area (Å²) in [5.74, 6) is -0.267. The van der Waals surface area contributed by atoms with E-state index in [0.717, 1.165) is 5.69 Å². The fourth-order valence-electron chi connectivity index (χ4n) is 1.94. The second kappa shape index (κ2) is 5.95. The van der Waals surface area contributed by atoms with Crippen LogP contribution in [0.25, 0.3) is 5.69 Å². The van der Waals surface area contributed by atoms with Crippen LogP contribution in [0.4, 0.5) is 5.69 Å². The maximum absolute atomic E-state index is 12.3. The highest BCUT2D eigenvalue weighted by Crippen LogP contribution is 2.24. The molecule has 0 bridgehead atoms. The van der Waals surface area contributed by atoms with E-state index in [9.17, 15) is 4.79 Å². The largest absolute Gasteiger partial charge is 0.320 e. The molecule has 0 aliphatic carbocycles. The quantitative estimate of drug-likeness (QED) is 0.807. The first kappa shape index (κ1) is 14.2. The van der Waals surface area contributed by atoms with Crippen molar-refractivity contribution in [1.29, 1.82) is 0 Å². The molecule has 3 aromatic rings. The van der Waals surface area contributed by atoms with Crippen molar-refractivity contribution in [2.75, 3.05) is 5.32 Å². The van der Waals surface area contributed by atoms with E-state index in [1.54, 1.807) is 41.3 Å². The summed E-state index contributed by atoms with van der Waals surface area (Å²) in [4.78, 5) is 20.3. The standard InChI is InChI=1S/C15H12ClN5O/c1-10-2-3-11(7-18-10)15(22)20-13-6-12(16)4-5-14(13)21-9-17-8-19-21/h2-9H,1H3,(H,20,22). The third-order valence-corrected chi connectivity index (χ3v) is 3.28. The number of carbonyl (C=O) groups is 1. The van der Waals surface area contributed by atoms with Gasteiger partial charge in [-0.15, -0.1) is 0 Å². The number of halogens is 1. The van der Waals surface area contributed by atoms with Crippen LogP contribution in [-0.2, 0) is 0 Å². The summed E-state index contributed by atoms with van der Waals surface area (Å²) in [7, 11) is 0. The van der Waals surface area contributed by atoms with Crippen molar-refractivity contribution in [2.24, 2.45) is 0 Å². The van der Waals surface area contributed by atoms with Gasteiger partial charge in [0.05, 0.1) is 16.9 Å². The van der Waals surface area contributed by atoms with Gasteiger partial charge < -0.3 is 5.32 Å². The molecular formula is C15H12ClN5O. The highest BCUT2D eigenvalue weighted by atomic mass is 35.5. The second-order valence-corrected chi connectivity index (χ2v) is 5.08. The van der Waals surface area contributed by atoms with E-state index in [0.29, 0.717) is 22.0 Å². The van der Waals surface area contributed by atoms with Gasteiger partial charge in [0.1, 0.15) is 12.7 Å². The molecule has 0 atom stereocenters. The molecule has 0 fully saturated rings. The molecule has 1 amide bonds. The first-order valence-corrected chi connectivity index (χ1v) is 6.90. The molecule has 0 saturated heterocycles. The molecular weight excluding hydrogens is 302 g/mol. The molecule has 2 heterocycles. The zero-order valence-corrected chi connectivity index (χ0v) is 12.4. The maximum atomic E-state index is 12.3. The van der Waals surface area contributed by atoms with Crippen LogP contribution in [0.1, 0.15) is 16.1 Å². The van der Waals surface area contributed by atoms with Gasteiger partial charge in [-0.05, 0) is 37.3 Å². The molecule has 0 radical (unpaired) electrons. The van der Waals surface area contributed by atoms with Crippen molar-refractivity contribution >= 4 is 23.2 Å². The summed E-state index contributed by atoms with van der Waals surface area (Å²) < 4.78 is 1.55. The summed E-state index contributed by atoms with van der Waals surface area (Å²) in [6.45, 7) is 1.86. The van der Waals surface area contributed by atoms with Crippen LogP contribution in [0.2, 0.25) is 5.02 Å². The fraction of sp³-hybridized carbons (Fsp3) is 0.0667. The summed E-state index contributed by atoms with van der Waals surface area (Å²) >= 11 is 6.02. The lowest BCUT2D eigenvalue weighted by molar-refractivity contribution is 0.102. The topological polar surface area (TPSA) is 72.7 Å². The molecule has 22 heavy (non-hydrogen) atoms. The Kier molecular flexibility index (Phi) is 3.84. The minimum absolute atomic E-state index is 0.267. The molecule has 3 rings (SSSR count). The SMILES string of the molecule is Cc1ccc(C(=O)Nc2cc(Cl)ccc2-n2cncn2)cn1. The maximum Gasteiger partial charge on any atom is 0.257 e. The van der Waals surface area contributed by atoms with Gasteiger partial charge in [0.25, 0.3) is 5.91 Å². The molecule has 0 aliphatic heterocycles. The van der Waals surface area contributed by atoms with E-state index in [4.69, 9.17) is 11.6 Å². The molecule has 0 unspecified atom stereocenters. The summed E-state index contributed by atoms with van der Waals surface area (Å²) in [5, 5.41) is 7.41. The fourth-order valence-corrected chi connectivity index (χ4v) is 2.11. The summed E-state index contributed by atoms with van der Waals surface area (Å²) in [6.07, 6.45) is 4.50. The number of amides is 1. The van der Waals surface area contributed by atoms with Gasteiger partial charge in [0.2, 0.25) is 0 Å². The van der Waals surface area contributed by atoms with E-state index in [1.165, 1.54) is 12.5 Å². The van der Waals surface area contributed by atoms with E-state index in [1.807, 2.05) is 6.92 Å². The molecule has 1 N–H and O–H groups in total. The zero-order chi connectivity index (χ0) is 15.5. The summed E-state index contributed by atoms with van der Waals surface area (Å²) in [5.41, 5.74) is 2.54. The second-order valence-electron chi connectivity index (χ2n) is 4.64. The van der Waals surface area contributed by atoms with Crippen LogP contribution in [0.15, 0.2) is 49.2 Å². The molecule has 1 aromatic carbocycles. The van der Waals surface area contributed by atoms with E-state index in [2.05, 4.69) is 20.4 Å². The predicted molar refractivity (Wildman–Crippen MR) is 83.3 cm³/mol. The normalized spacial score (nSPS) is 10.5. The van der Waals surface area contributed by atoms with Gasteiger partial charge in [-0.3, -0.25) is 9.78 Å². The Hall–Kier alpha value is -2.73.